The predicted octanol–water partition coefficient (Wildman–Crippen LogP) is 25.4. The molecule has 0 amide bonds. The minimum absolute atomic E-state index is 0.109. The molecule has 0 aromatic carbocycles. The van der Waals surface area contributed by atoms with Crippen molar-refractivity contribution in [1.29, 1.82) is 0 Å². The summed E-state index contributed by atoms with van der Waals surface area (Å²) in [6.07, 6.45) is 70.6. The second-order valence-corrected chi connectivity index (χ2v) is 32.8. The Morgan fingerprint density at radius 3 is 0.578 bits per heavy atom. The van der Waals surface area contributed by atoms with Crippen molar-refractivity contribution in [3.63, 3.8) is 0 Å². The molecule has 5 atom stereocenters. The molecule has 0 aliphatic heterocycles. The summed E-state index contributed by atoms with van der Waals surface area (Å²) in [6, 6.07) is 0. The van der Waals surface area contributed by atoms with Crippen molar-refractivity contribution in [2.75, 3.05) is 39.6 Å². The van der Waals surface area contributed by atoms with Crippen molar-refractivity contribution in [2.24, 2.45) is 0 Å². The lowest BCUT2D eigenvalue weighted by molar-refractivity contribution is -0.161. The van der Waals surface area contributed by atoms with Gasteiger partial charge in [0.1, 0.15) is 19.3 Å². The number of carbonyl (C=O) groups excluding carboxylic acids is 4. The summed E-state index contributed by atoms with van der Waals surface area (Å²) in [5.41, 5.74) is 0. The van der Waals surface area contributed by atoms with Gasteiger partial charge in [0.2, 0.25) is 0 Å². The lowest BCUT2D eigenvalue weighted by atomic mass is 10.0. The van der Waals surface area contributed by atoms with E-state index in [0.717, 1.165) is 89.9 Å². The molecule has 0 bridgehead atoms. The molecule has 19 heteroatoms. The van der Waals surface area contributed by atoms with E-state index in [-0.39, 0.29) is 25.7 Å². The second-order valence-electron chi connectivity index (χ2n) is 29.9. The maximum atomic E-state index is 13.1. The van der Waals surface area contributed by atoms with E-state index in [0.29, 0.717) is 25.7 Å². The van der Waals surface area contributed by atoms with Crippen LogP contribution in [0, 0.1) is 0 Å². The molecule has 0 heterocycles. The van der Waals surface area contributed by atoms with E-state index in [9.17, 15) is 43.2 Å². The van der Waals surface area contributed by atoms with Gasteiger partial charge < -0.3 is 33.8 Å². The summed E-state index contributed by atoms with van der Waals surface area (Å²) in [5.74, 6) is -2.10. The van der Waals surface area contributed by atoms with Crippen molar-refractivity contribution in [3.05, 3.63) is 0 Å². The number of aliphatic hydroxyl groups is 1. The molecule has 102 heavy (non-hydrogen) atoms. The summed E-state index contributed by atoms with van der Waals surface area (Å²) in [7, 11) is -9.92. The van der Waals surface area contributed by atoms with Crippen molar-refractivity contribution in [1.82, 2.24) is 0 Å². The van der Waals surface area contributed by atoms with Gasteiger partial charge in [-0.15, -0.1) is 0 Å². The van der Waals surface area contributed by atoms with E-state index in [1.54, 1.807) is 0 Å². The normalized spacial score (nSPS) is 13.8. The average molecular weight is 1490 g/mol. The first-order valence-corrected chi connectivity index (χ1v) is 46.3. The Labute approximate surface area is 626 Å². The zero-order chi connectivity index (χ0) is 74.6. The number of unbranched alkanes of at least 4 members (excludes halogenated alkanes) is 58. The smallest absolute Gasteiger partial charge is 0.462 e. The highest BCUT2D eigenvalue weighted by atomic mass is 31.2. The van der Waals surface area contributed by atoms with Crippen LogP contribution in [0.2, 0.25) is 0 Å². The third kappa shape index (κ3) is 76.3. The summed E-state index contributed by atoms with van der Waals surface area (Å²) < 4.78 is 68.8. The number of rotatable bonds is 84. The molecule has 0 aliphatic rings. The van der Waals surface area contributed by atoms with Gasteiger partial charge in [-0.05, 0) is 25.7 Å². The van der Waals surface area contributed by atoms with Gasteiger partial charge in [0.05, 0.1) is 26.4 Å². The molecule has 0 aromatic rings. The Kier molecular flexibility index (Phi) is 75.8. The summed E-state index contributed by atoms with van der Waals surface area (Å²) in [4.78, 5) is 73.1. The van der Waals surface area contributed by atoms with Crippen LogP contribution in [-0.2, 0) is 65.4 Å². The zero-order valence-electron chi connectivity index (χ0n) is 66.6. The van der Waals surface area contributed by atoms with Gasteiger partial charge >= 0.3 is 39.5 Å². The minimum Gasteiger partial charge on any atom is -0.462 e. The standard InChI is InChI=1S/C83H162O17P2/c1-5-9-13-17-21-25-29-33-36-38-39-40-42-46-50-54-58-62-66-70-83(88)100-79(74-94-81(86)68-64-60-56-52-48-45-41-37-34-30-26-22-18-14-10-6-2)76-98-102(91,92)96-72-77(84)71-95-101(89,90)97-75-78(73-93-80(85)67-63-59-55-51-47-43-32-28-24-20-16-12-8-4)99-82(87)69-65-61-57-53-49-44-35-31-27-23-19-15-11-7-3/h77-79,84H,5-76H2,1-4H3,(H,89,90)(H,91,92)/t77-,78+,79+/m0/s1. The second kappa shape index (κ2) is 77.2. The predicted molar refractivity (Wildman–Crippen MR) is 419 cm³/mol. The van der Waals surface area contributed by atoms with Crippen LogP contribution in [-0.4, -0.2) is 96.7 Å². The Morgan fingerprint density at radius 2 is 0.392 bits per heavy atom. The molecule has 0 spiro atoms. The molecule has 0 radical (unpaired) electrons. The number of esters is 4. The number of phosphoric ester groups is 2. The first-order chi connectivity index (χ1) is 49.7. The van der Waals surface area contributed by atoms with Crippen molar-refractivity contribution in [2.45, 2.75) is 470 Å². The fourth-order valence-corrected chi connectivity index (χ4v) is 14.6. The van der Waals surface area contributed by atoms with Crippen LogP contribution in [0.3, 0.4) is 0 Å². The number of aliphatic hydroxyl groups excluding tert-OH is 1. The molecule has 3 N–H and O–H groups in total. The average Bonchev–Trinajstić information content (AvgIpc) is 0.970. The highest BCUT2D eigenvalue weighted by molar-refractivity contribution is 7.47. The maximum absolute atomic E-state index is 13.1. The van der Waals surface area contributed by atoms with Gasteiger partial charge in [-0.2, -0.15) is 0 Å². The Hall–Kier alpha value is -1.94. The zero-order valence-corrected chi connectivity index (χ0v) is 68.4. The van der Waals surface area contributed by atoms with Gasteiger partial charge in [-0.25, -0.2) is 9.13 Å². The monoisotopic (exact) mass is 1490 g/mol. The number of phosphoric acid groups is 2. The quantitative estimate of drug-likeness (QED) is 0.0222. The van der Waals surface area contributed by atoms with Gasteiger partial charge in [0, 0.05) is 25.7 Å². The van der Waals surface area contributed by atoms with Crippen LogP contribution in [0.25, 0.3) is 0 Å². The molecule has 0 aromatic heterocycles. The SMILES string of the molecule is CCCCCCCCCCCCCCCCCCCCCC(=O)O[C@H](COC(=O)CCCCCCCCCCCCCCCCCC)COP(=O)(O)OC[C@@H](O)COP(=O)(O)OC[C@@H](COC(=O)CCCCCCCCCCCCCCC)OC(=O)CCCCCCCCCCCCCCCC. The van der Waals surface area contributed by atoms with E-state index in [4.69, 9.17) is 37.0 Å². The van der Waals surface area contributed by atoms with Crippen LogP contribution in [0.4, 0.5) is 0 Å². The lowest BCUT2D eigenvalue weighted by Crippen LogP contribution is -2.30. The van der Waals surface area contributed by atoms with Gasteiger partial charge in [-0.1, -0.05) is 400 Å². The first-order valence-electron chi connectivity index (χ1n) is 43.3. The number of hydrogen-bond acceptors (Lipinski definition) is 15. The van der Waals surface area contributed by atoms with Crippen LogP contribution >= 0.6 is 15.6 Å². The van der Waals surface area contributed by atoms with E-state index < -0.39 is 97.5 Å². The topological polar surface area (TPSA) is 237 Å². The fourth-order valence-electron chi connectivity index (χ4n) is 13.0. The first kappa shape index (κ1) is 100. The van der Waals surface area contributed by atoms with Crippen LogP contribution < -0.4 is 0 Å². The molecule has 0 rings (SSSR count). The largest absolute Gasteiger partial charge is 0.472 e. The Bertz CT molecular complexity index is 1930. The number of carbonyl (C=O) groups is 4. The maximum Gasteiger partial charge on any atom is 0.472 e. The summed E-state index contributed by atoms with van der Waals surface area (Å²) in [6.45, 7) is 5.05. The lowest BCUT2D eigenvalue weighted by Gasteiger charge is -2.21. The highest BCUT2D eigenvalue weighted by Crippen LogP contribution is 2.45. The van der Waals surface area contributed by atoms with Gasteiger partial charge in [-0.3, -0.25) is 37.3 Å². The molecular weight excluding hydrogens is 1330 g/mol. The third-order valence-corrected chi connectivity index (χ3v) is 21.5. The molecule has 0 fully saturated rings. The van der Waals surface area contributed by atoms with Crippen LogP contribution in [0.5, 0.6) is 0 Å². The molecule has 606 valence electrons. The molecule has 0 saturated heterocycles. The van der Waals surface area contributed by atoms with E-state index >= 15 is 0 Å². The van der Waals surface area contributed by atoms with Crippen molar-refractivity contribution >= 4 is 39.5 Å². The molecule has 17 nitrogen and oxygen atoms in total. The molecular formula is C83H162O17P2. The Balaban J connectivity index is 5.25. The number of hydrogen-bond donors (Lipinski definition) is 3. The fraction of sp³-hybridized carbons (Fsp3) is 0.952. The van der Waals surface area contributed by atoms with E-state index in [2.05, 4.69) is 27.7 Å². The van der Waals surface area contributed by atoms with E-state index in [1.807, 2.05) is 0 Å². The van der Waals surface area contributed by atoms with E-state index in [1.165, 1.54) is 283 Å². The van der Waals surface area contributed by atoms with Gasteiger partial charge in [0.25, 0.3) is 0 Å². The number of ether oxygens (including phenoxy) is 4. The highest BCUT2D eigenvalue weighted by Gasteiger charge is 2.30. The van der Waals surface area contributed by atoms with Crippen molar-refractivity contribution < 1.29 is 80.2 Å². The molecule has 2 unspecified atom stereocenters. The minimum atomic E-state index is -4.96. The Morgan fingerprint density at radius 1 is 0.235 bits per heavy atom. The molecule has 0 aliphatic carbocycles. The third-order valence-electron chi connectivity index (χ3n) is 19.6. The molecule has 0 saturated carbocycles. The van der Waals surface area contributed by atoms with Crippen LogP contribution in [0.1, 0.15) is 451 Å². The summed E-state index contributed by atoms with van der Waals surface area (Å²) >= 11 is 0. The van der Waals surface area contributed by atoms with Crippen molar-refractivity contribution in [3.8, 4) is 0 Å². The summed E-state index contributed by atoms with van der Waals surface area (Å²) in [5, 5.41) is 10.7. The van der Waals surface area contributed by atoms with Crippen LogP contribution in [0.15, 0.2) is 0 Å². The van der Waals surface area contributed by atoms with Gasteiger partial charge in [0.15, 0.2) is 12.2 Å².